The normalized spacial score (nSPS) is 10.1. The van der Waals surface area contributed by atoms with Crippen LogP contribution in [0.4, 0.5) is 10.1 Å². The Morgan fingerprint density at radius 3 is 2.69 bits per heavy atom. The number of hydrogen-bond acceptors (Lipinski definition) is 1. The van der Waals surface area contributed by atoms with Gasteiger partial charge in [0.15, 0.2) is 0 Å². The fourth-order valence-corrected chi connectivity index (χ4v) is 1.41. The molecule has 0 saturated carbocycles. The van der Waals surface area contributed by atoms with Gasteiger partial charge in [-0.3, -0.25) is 4.79 Å². The lowest BCUT2D eigenvalue weighted by molar-refractivity contribution is -0.116. The molecule has 1 N–H and O–H groups in total. The van der Waals surface area contributed by atoms with Crippen LogP contribution in [-0.2, 0) is 11.3 Å². The molecule has 2 aromatic rings. The molecular weight excluding hydrogens is 207 g/mol. The van der Waals surface area contributed by atoms with Crippen molar-refractivity contribution in [2.45, 2.75) is 6.54 Å². The van der Waals surface area contributed by atoms with E-state index in [2.05, 4.69) is 5.32 Å². The fourth-order valence-electron chi connectivity index (χ4n) is 1.41. The Morgan fingerprint density at radius 1 is 1.25 bits per heavy atom. The number of halogens is 1. The highest BCUT2D eigenvalue weighted by Gasteiger charge is 2.03. The molecule has 0 radical (unpaired) electrons. The molecule has 0 saturated heterocycles. The Hall–Kier alpha value is -2.10. The summed E-state index contributed by atoms with van der Waals surface area (Å²) in [5.74, 6) is -0.541. The molecule has 4 heteroatoms. The van der Waals surface area contributed by atoms with E-state index in [1.165, 1.54) is 12.1 Å². The van der Waals surface area contributed by atoms with Crippen LogP contribution in [0, 0.1) is 5.82 Å². The van der Waals surface area contributed by atoms with E-state index < -0.39 is 0 Å². The number of amides is 1. The van der Waals surface area contributed by atoms with E-state index in [-0.39, 0.29) is 18.3 Å². The molecule has 0 aliphatic rings. The topological polar surface area (TPSA) is 34.0 Å². The van der Waals surface area contributed by atoms with Crippen LogP contribution in [0.5, 0.6) is 0 Å². The lowest BCUT2D eigenvalue weighted by atomic mass is 10.3. The van der Waals surface area contributed by atoms with Crippen LogP contribution in [0.25, 0.3) is 0 Å². The maximum atomic E-state index is 12.8. The van der Waals surface area contributed by atoms with Gasteiger partial charge in [0.1, 0.15) is 12.4 Å². The van der Waals surface area contributed by atoms with Crippen LogP contribution in [0.15, 0.2) is 48.8 Å². The standard InChI is InChI=1S/C12H11FN2O/c13-10-4-3-5-11(8-10)14-12(16)9-15-6-1-2-7-15/h1-8H,9H2,(H,14,16). The number of carbonyl (C=O) groups excluding carboxylic acids is 1. The van der Waals surface area contributed by atoms with Gasteiger partial charge in [-0.15, -0.1) is 0 Å². The Labute approximate surface area is 92.5 Å². The van der Waals surface area contributed by atoms with Crippen LogP contribution in [0.2, 0.25) is 0 Å². The summed E-state index contributed by atoms with van der Waals surface area (Å²) in [5, 5.41) is 2.62. The zero-order chi connectivity index (χ0) is 11.4. The number of nitrogens with zero attached hydrogens (tertiary/aromatic N) is 1. The number of anilines is 1. The van der Waals surface area contributed by atoms with Gasteiger partial charge in [0.25, 0.3) is 0 Å². The second-order valence-electron chi connectivity index (χ2n) is 3.41. The Morgan fingerprint density at radius 2 is 2.00 bits per heavy atom. The first-order chi connectivity index (χ1) is 7.74. The molecule has 1 aromatic carbocycles. The molecule has 2 rings (SSSR count). The van der Waals surface area contributed by atoms with Crippen molar-refractivity contribution in [2.24, 2.45) is 0 Å². The molecule has 1 aromatic heterocycles. The van der Waals surface area contributed by atoms with E-state index in [1.807, 2.05) is 12.1 Å². The highest BCUT2D eigenvalue weighted by atomic mass is 19.1. The van der Waals surface area contributed by atoms with Gasteiger partial charge in [-0.2, -0.15) is 0 Å². The first kappa shape index (κ1) is 10.4. The molecule has 0 fully saturated rings. The minimum absolute atomic E-state index is 0.179. The van der Waals surface area contributed by atoms with Crippen molar-refractivity contribution in [3.63, 3.8) is 0 Å². The first-order valence-corrected chi connectivity index (χ1v) is 4.90. The SMILES string of the molecule is O=C(Cn1cccc1)Nc1cccc(F)c1. The van der Waals surface area contributed by atoms with Crippen LogP contribution in [-0.4, -0.2) is 10.5 Å². The number of nitrogens with one attached hydrogen (secondary N) is 1. The largest absolute Gasteiger partial charge is 0.345 e. The predicted octanol–water partition coefficient (Wildman–Crippen LogP) is 2.27. The molecule has 3 nitrogen and oxygen atoms in total. The van der Waals surface area contributed by atoms with Crippen molar-refractivity contribution < 1.29 is 9.18 Å². The Bertz CT molecular complexity index is 480. The third-order valence-electron chi connectivity index (χ3n) is 2.10. The van der Waals surface area contributed by atoms with Crippen molar-refractivity contribution in [1.29, 1.82) is 0 Å². The average Bonchev–Trinajstić information content (AvgIpc) is 2.70. The highest BCUT2D eigenvalue weighted by Crippen LogP contribution is 2.08. The highest BCUT2D eigenvalue weighted by molar-refractivity contribution is 5.90. The molecule has 0 atom stereocenters. The Balaban J connectivity index is 1.97. The van der Waals surface area contributed by atoms with Crippen molar-refractivity contribution in [3.8, 4) is 0 Å². The number of rotatable bonds is 3. The van der Waals surface area contributed by atoms with E-state index in [0.717, 1.165) is 0 Å². The van der Waals surface area contributed by atoms with Gasteiger partial charge in [-0.25, -0.2) is 4.39 Å². The number of carbonyl (C=O) groups is 1. The summed E-state index contributed by atoms with van der Waals surface area (Å²) >= 11 is 0. The zero-order valence-corrected chi connectivity index (χ0v) is 8.56. The lowest BCUT2D eigenvalue weighted by Gasteiger charge is -2.05. The van der Waals surface area contributed by atoms with Gasteiger partial charge >= 0.3 is 0 Å². The monoisotopic (exact) mass is 218 g/mol. The summed E-state index contributed by atoms with van der Waals surface area (Å²) in [6.07, 6.45) is 3.59. The van der Waals surface area contributed by atoms with E-state index in [4.69, 9.17) is 0 Å². The summed E-state index contributed by atoms with van der Waals surface area (Å²) in [6.45, 7) is 0.226. The Kier molecular flexibility index (Phi) is 3.00. The van der Waals surface area contributed by atoms with Crippen molar-refractivity contribution >= 4 is 11.6 Å². The maximum absolute atomic E-state index is 12.8. The third-order valence-corrected chi connectivity index (χ3v) is 2.10. The second-order valence-corrected chi connectivity index (χ2v) is 3.41. The van der Waals surface area contributed by atoms with Crippen LogP contribution in [0.1, 0.15) is 0 Å². The molecule has 0 unspecified atom stereocenters. The second kappa shape index (κ2) is 4.61. The third kappa shape index (κ3) is 2.70. The van der Waals surface area contributed by atoms with Gasteiger partial charge in [-0.05, 0) is 30.3 Å². The van der Waals surface area contributed by atoms with Gasteiger partial charge in [0, 0.05) is 18.1 Å². The number of benzene rings is 1. The van der Waals surface area contributed by atoms with Crippen molar-refractivity contribution in [2.75, 3.05) is 5.32 Å². The molecule has 0 bridgehead atoms. The molecule has 0 aliphatic carbocycles. The van der Waals surface area contributed by atoms with E-state index >= 15 is 0 Å². The zero-order valence-electron chi connectivity index (χ0n) is 8.56. The lowest BCUT2D eigenvalue weighted by Crippen LogP contribution is -2.17. The quantitative estimate of drug-likeness (QED) is 0.842. The van der Waals surface area contributed by atoms with Crippen molar-refractivity contribution in [3.05, 3.63) is 54.6 Å². The van der Waals surface area contributed by atoms with Gasteiger partial charge < -0.3 is 9.88 Å². The molecule has 82 valence electrons. The van der Waals surface area contributed by atoms with Crippen LogP contribution in [0.3, 0.4) is 0 Å². The van der Waals surface area contributed by atoms with Gasteiger partial charge in [-0.1, -0.05) is 6.07 Å². The van der Waals surface area contributed by atoms with E-state index in [9.17, 15) is 9.18 Å². The predicted molar refractivity (Wildman–Crippen MR) is 59.5 cm³/mol. The first-order valence-electron chi connectivity index (χ1n) is 4.90. The molecular formula is C12H11FN2O. The average molecular weight is 218 g/mol. The van der Waals surface area contributed by atoms with Crippen molar-refractivity contribution in [1.82, 2.24) is 4.57 Å². The smallest absolute Gasteiger partial charge is 0.244 e. The summed E-state index contributed by atoms with van der Waals surface area (Å²) < 4.78 is 14.6. The van der Waals surface area contributed by atoms with E-state index in [0.29, 0.717) is 5.69 Å². The van der Waals surface area contributed by atoms with E-state index in [1.54, 1.807) is 29.1 Å². The summed E-state index contributed by atoms with van der Waals surface area (Å²) in [7, 11) is 0. The molecule has 1 heterocycles. The summed E-state index contributed by atoms with van der Waals surface area (Å²) in [6, 6.07) is 9.51. The molecule has 1 amide bonds. The molecule has 16 heavy (non-hydrogen) atoms. The fraction of sp³-hybridized carbons (Fsp3) is 0.0833. The number of aromatic nitrogens is 1. The molecule has 0 spiro atoms. The van der Waals surface area contributed by atoms with Gasteiger partial charge in [0.2, 0.25) is 5.91 Å². The van der Waals surface area contributed by atoms with Crippen LogP contribution < -0.4 is 5.32 Å². The summed E-state index contributed by atoms with van der Waals surface area (Å²) in [5.41, 5.74) is 0.470. The minimum Gasteiger partial charge on any atom is -0.345 e. The minimum atomic E-state index is -0.362. The summed E-state index contributed by atoms with van der Waals surface area (Å²) in [4.78, 5) is 11.5. The molecule has 0 aliphatic heterocycles. The maximum Gasteiger partial charge on any atom is 0.244 e. The number of hydrogen-bond donors (Lipinski definition) is 1. The van der Waals surface area contributed by atoms with Gasteiger partial charge in [0.05, 0.1) is 0 Å². The van der Waals surface area contributed by atoms with Crippen LogP contribution >= 0.6 is 0 Å².